The number of imidazole rings is 1. The molecule has 2 heterocycles. The van der Waals surface area contributed by atoms with Crippen molar-refractivity contribution in [2.75, 3.05) is 6.54 Å². The van der Waals surface area contributed by atoms with Gasteiger partial charge in [-0.1, -0.05) is 13.0 Å². The number of nitrogens with two attached hydrogens (primary N) is 1. The van der Waals surface area contributed by atoms with Crippen molar-refractivity contribution in [1.29, 1.82) is 0 Å². The van der Waals surface area contributed by atoms with Crippen LogP contribution in [0.5, 0.6) is 0 Å². The molecular formula is C12H17N3OS. The molecule has 2 aromatic rings. The quantitative estimate of drug-likeness (QED) is 0.872. The predicted octanol–water partition coefficient (Wildman–Crippen LogP) is 1.32. The zero-order valence-corrected chi connectivity index (χ0v) is 10.7. The summed E-state index contributed by atoms with van der Waals surface area (Å²) in [6.07, 6.45) is 4.67. The third kappa shape index (κ3) is 2.92. The molecule has 5 heteroatoms. The van der Waals surface area contributed by atoms with E-state index in [-0.39, 0.29) is 5.25 Å². The summed E-state index contributed by atoms with van der Waals surface area (Å²) in [5.74, 6) is 0.503. The number of aromatic nitrogens is 2. The van der Waals surface area contributed by atoms with Gasteiger partial charge in [-0.25, -0.2) is 4.98 Å². The zero-order chi connectivity index (χ0) is 12.3. The maximum Gasteiger partial charge on any atom is 0.137 e. The lowest BCUT2D eigenvalue weighted by atomic mass is 10.3. The van der Waals surface area contributed by atoms with Crippen molar-refractivity contribution in [3.05, 3.63) is 36.3 Å². The van der Waals surface area contributed by atoms with Gasteiger partial charge in [-0.05, 0) is 25.1 Å². The van der Waals surface area contributed by atoms with Crippen LogP contribution in [-0.4, -0.2) is 25.4 Å². The van der Waals surface area contributed by atoms with Crippen LogP contribution >= 0.6 is 0 Å². The van der Waals surface area contributed by atoms with E-state index in [1.807, 2.05) is 41.9 Å². The summed E-state index contributed by atoms with van der Waals surface area (Å²) in [6, 6.07) is 5.84. The van der Waals surface area contributed by atoms with Crippen molar-refractivity contribution in [2.24, 2.45) is 5.73 Å². The SMILES string of the molecule is CC(CCN)S(=O)Cc1cn2ccccc2n1. The first-order valence-electron chi connectivity index (χ1n) is 5.70. The van der Waals surface area contributed by atoms with Gasteiger partial charge in [-0.2, -0.15) is 0 Å². The largest absolute Gasteiger partial charge is 0.330 e. The van der Waals surface area contributed by atoms with E-state index in [1.54, 1.807) is 0 Å². The van der Waals surface area contributed by atoms with E-state index in [1.165, 1.54) is 0 Å². The monoisotopic (exact) mass is 251 g/mol. The summed E-state index contributed by atoms with van der Waals surface area (Å²) in [5.41, 5.74) is 7.24. The van der Waals surface area contributed by atoms with Crippen LogP contribution in [0.1, 0.15) is 19.0 Å². The molecule has 92 valence electrons. The molecule has 0 spiro atoms. The average Bonchev–Trinajstić information content (AvgIpc) is 2.71. The Hall–Kier alpha value is -1.20. The van der Waals surface area contributed by atoms with E-state index < -0.39 is 10.8 Å². The van der Waals surface area contributed by atoms with E-state index in [4.69, 9.17) is 5.73 Å². The lowest BCUT2D eigenvalue weighted by Crippen LogP contribution is -2.17. The van der Waals surface area contributed by atoms with Crippen molar-refractivity contribution in [3.8, 4) is 0 Å². The Morgan fingerprint density at radius 3 is 3.06 bits per heavy atom. The van der Waals surface area contributed by atoms with Gasteiger partial charge in [-0.15, -0.1) is 0 Å². The van der Waals surface area contributed by atoms with Crippen molar-refractivity contribution in [3.63, 3.8) is 0 Å². The van der Waals surface area contributed by atoms with Gasteiger partial charge in [0.15, 0.2) is 0 Å². The highest BCUT2D eigenvalue weighted by Gasteiger charge is 2.12. The third-order valence-electron chi connectivity index (χ3n) is 2.73. The van der Waals surface area contributed by atoms with Gasteiger partial charge >= 0.3 is 0 Å². The van der Waals surface area contributed by atoms with Gasteiger partial charge in [-0.3, -0.25) is 4.21 Å². The maximum absolute atomic E-state index is 12.0. The van der Waals surface area contributed by atoms with E-state index in [2.05, 4.69) is 4.98 Å². The third-order valence-corrected chi connectivity index (χ3v) is 4.44. The van der Waals surface area contributed by atoms with Crippen LogP contribution < -0.4 is 5.73 Å². The van der Waals surface area contributed by atoms with Crippen LogP contribution in [0.3, 0.4) is 0 Å². The number of pyridine rings is 1. The molecule has 2 aromatic heterocycles. The van der Waals surface area contributed by atoms with Gasteiger partial charge < -0.3 is 10.1 Å². The second-order valence-electron chi connectivity index (χ2n) is 4.11. The molecule has 2 atom stereocenters. The molecule has 0 fully saturated rings. The van der Waals surface area contributed by atoms with Gasteiger partial charge in [0.25, 0.3) is 0 Å². The first kappa shape index (κ1) is 12.3. The minimum atomic E-state index is -0.898. The maximum atomic E-state index is 12.0. The fraction of sp³-hybridized carbons (Fsp3) is 0.417. The molecule has 0 aromatic carbocycles. The van der Waals surface area contributed by atoms with Crippen molar-refractivity contribution < 1.29 is 4.21 Å². The molecule has 2 unspecified atom stereocenters. The second-order valence-corrected chi connectivity index (χ2v) is 5.97. The first-order chi connectivity index (χ1) is 8.20. The Morgan fingerprint density at radius 1 is 1.53 bits per heavy atom. The van der Waals surface area contributed by atoms with Crippen molar-refractivity contribution in [2.45, 2.75) is 24.3 Å². The standard InChI is InChI=1S/C12H17N3OS/c1-10(5-6-13)17(16)9-11-8-15-7-3-2-4-12(15)14-11/h2-4,7-8,10H,5-6,9,13H2,1H3. The molecule has 2 rings (SSSR count). The van der Waals surface area contributed by atoms with E-state index in [0.29, 0.717) is 12.3 Å². The summed E-state index contributed by atoms with van der Waals surface area (Å²) < 4.78 is 13.9. The molecular weight excluding hydrogens is 234 g/mol. The Kier molecular flexibility index (Phi) is 3.91. The van der Waals surface area contributed by atoms with Gasteiger partial charge in [0, 0.05) is 28.4 Å². The highest BCUT2D eigenvalue weighted by molar-refractivity contribution is 7.84. The topological polar surface area (TPSA) is 60.4 Å². The number of hydrogen-bond acceptors (Lipinski definition) is 3. The zero-order valence-electron chi connectivity index (χ0n) is 9.87. The van der Waals surface area contributed by atoms with Crippen LogP contribution in [-0.2, 0) is 16.6 Å². The van der Waals surface area contributed by atoms with E-state index >= 15 is 0 Å². The molecule has 4 nitrogen and oxygen atoms in total. The molecule has 0 amide bonds. The lowest BCUT2D eigenvalue weighted by molar-refractivity contribution is 0.665. The summed E-state index contributed by atoms with van der Waals surface area (Å²) >= 11 is 0. The minimum Gasteiger partial charge on any atom is -0.330 e. The van der Waals surface area contributed by atoms with Crippen LogP contribution in [0.2, 0.25) is 0 Å². The van der Waals surface area contributed by atoms with Gasteiger partial charge in [0.05, 0.1) is 11.4 Å². The molecule has 0 saturated carbocycles. The molecule has 17 heavy (non-hydrogen) atoms. The summed E-state index contributed by atoms with van der Waals surface area (Å²) in [5, 5.41) is 0.129. The van der Waals surface area contributed by atoms with Crippen LogP contribution in [0.25, 0.3) is 5.65 Å². The first-order valence-corrected chi connectivity index (χ1v) is 7.09. The van der Waals surface area contributed by atoms with Crippen LogP contribution in [0.15, 0.2) is 30.6 Å². The highest BCUT2D eigenvalue weighted by atomic mass is 32.2. The Morgan fingerprint density at radius 2 is 2.35 bits per heavy atom. The predicted molar refractivity (Wildman–Crippen MR) is 70.2 cm³/mol. The molecule has 0 aliphatic heterocycles. The number of nitrogens with zero attached hydrogens (tertiary/aromatic N) is 2. The molecule has 0 radical (unpaired) electrons. The minimum absolute atomic E-state index is 0.129. The van der Waals surface area contributed by atoms with Crippen LogP contribution in [0, 0.1) is 0 Å². The summed E-state index contributed by atoms with van der Waals surface area (Å²) in [6.45, 7) is 2.55. The smallest absolute Gasteiger partial charge is 0.137 e. The normalized spacial score (nSPS) is 14.9. The fourth-order valence-corrected chi connectivity index (χ4v) is 2.82. The van der Waals surface area contributed by atoms with E-state index in [9.17, 15) is 4.21 Å². The summed E-state index contributed by atoms with van der Waals surface area (Å²) in [4.78, 5) is 4.43. The Bertz CT molecular complexity index is 490. The van der Waals surface area contributed by atoms with Gasteiger partial charge in [0.1, 0.15) is 5.65 Å². The molecule has 2 N–H and O–H groups in total. The second kappa shape index (κ2) is 5.42. The average molecular weight is 251 g/mol. The van der Waals surface area contributed by atoms with Crippen LogP contribution in [0.4, 0.5) is 0 Å². The molecule has 0 bridgehead atoms. The fourth-order valence-electron chi connectivity index (χ4n) is 1.71. The number of fused-ring (bicyclic) bond motifs is 1. The highest BCUT2D eigenvalue weighted by Crippen LogP contribution is 2.10. The Labute approximate surface area is 103 Å². The van der Waals surface area contributed by atoms with E-state index in [0.717, 1.165) is 17.8 Å². The molecule has 0 saturated heterocycles. The number of rotatable bonds is 5. The summed E-state index contributed by atoms with van der Waals surface area (Å²) in [7, 11) is -0.898. The molecule has 0 aliphatic rings. The van der Waals surface area contributed by atoms with Crippen molar-refractivity contribution in [1.82, 2.24) is 9.38 Å². The lowest BCUT2D eigenvalue weighted by Gasteiger charge is -2.07. The number of hydrogen-bond donors (Lipinski definition) is 1. The molecule has 0 aliphatic carbocycles. The van der Waals surface area contributed by atoms with Crippen molar-refractivity contribution >= 4 is 16.4 Å². The Balaban J connectivity index is 2.10. The van der Waals surface area contributed by atoms with Gasteiger partial charge in [0.2, 0.25) is 0 Å².